The van der Waals surface area contributed by atoms with Crippen LogP contribution in [0.25, 0.3) is 0 Å². The van der Waals surface area contributed by atoms with Gasteiger partial charge in [-0.1, -0.05) is 0 Å². The van der Waals surface area contributed by atoms with E-state index in [1.54, 1.807) is 0 Å². The maximum absolute atomic E-state index is 12.4. The standard InChI is InChI=1S/C20H36N2O5/c1-17(2)9-13(10-18(3,4)21-17)15(23)25-27-26-16(24)14-11-19(5,6)22-20(7,8)12-14/h13-14,21-22H,9-12H2,1-8H3. The molecule has 2 aliphatic rings. The van der Waals surface area contributed by atoms with Crippen LogP contribution in [0.15, 0.2) is 0 Å². The summed E-state index contributed by atoms with van der Waals surface area (Å²) in [7, 11) is 0. The molecular formula is C20H36N2O5. The summed E-state index contributed by atoms with van der Waals surface area (Å²) in [4.78, 5) is 34.3. The second kappa shape index (κ2) is 7.33. The minimum absolute atomic E-state index is 0.186. The Morgan fingerprint density at radius 3 is 1.15 bits per heavy atom. The molecule has 0 aliphatic carbocycles. The molecule has 2 heterocycles. The van der Waals surface area contributed by atoms with Crippen LogP contribution in [0.5, 0.6) is 0 Å². The monoisotopic (exact) mass is 384 g/mol. The molecule has 0 radical (unpaired) electrons. The fourth-order valence-corrected chi connectivity index (χ4v) is 5.20. The van der Waals surface area contributed by atoms with Crippen molar-refractivity contribution < 1.29 is 24.4 Å². The van der Waals surface area contributed by atoms with Gasteiger partial charge in [0.2, 0.25) is 0 Å². The van der Waals surface area contributed by atoms with Crippen LogP contribution in [0, 0.1) is 11.8 Å². The van der Waals surface area contributed by atoms with Crippen molar-refractivity contribution >= 4 is 11.9 Å². The van der Waals surface area contributed by atoms with Crippen molar-refractivity contribution in [2.24, 2.45) is 11.8 Å². The summed E-state index contributed by atoms with van der Waals surface area (Å²) in [5, 5.41) is 11.6. The summed E-state index contributed by atoms with van der Waals surface area (Å²) >= 11 is 0. The lowest BCUT2D eigenvalue weighted by atomic mass is 9.76. The normalized spacial score (nSPS) is 27.0. The first kappa shape index (κ1) is 22.1. The molecule has 0 aromatic carbocycles. The zero-order chi connectivity index (χ0) is 20.7. The van der Waals surface area contributed by atoms with Crippen LogP contribution in [0.4, 0.5) is 0 Å². The summed E-state index contributed by atoms with van der Waals surface area (Å²) in [5.74, 6) is -1.63. The highest BCUT2D eigenvalue weighted by Crippen LogP contribution is 2.35. The Labute approximate surface area is 162 Å². The first-order valence-corrected chi connectivity index (χ1v) is 9.77. The largest absolute Gasteiger partial charge is 0.349 e. The fourth-order valence-electron chi connectivity index (χ4n) is 5.20. The van der Waals surface area contributed by atoms with E-state index < -0.39 is 11.9 Å². The third-order valence-electron chi connectivity index (χ3n) is 5.28. The highest BCUT2D eigenvalue weighted by molar-refractivity contribution is 5.73. The number of carbonyl (C=O) groups is 2. The average Bonchev–Trinajstić information content (AvgIpc) is 2.40. The van der Waals surface area contributed by atoms with Crippen LogP contribution in [-0.4, -0.2) is 34.1 Å². The van der Waals surface area contributed by atoms with Gasteiger partial charge in [-0.25, -0.2) is 9.59 Å². The van der Waals surface area contributed by atoms with E-state index in [0.717, 1.165) is 0 Å². The predicted molar refractivity (Wildman–Crippen MR) is 101 cm³/mol. The third-order valence-corrected chi connectivity index (χ3v) is 5.28. The minimum atomic E-state index is -0.503. The molecule has 0 aromatic heterocycles. The molecule has 7 heteroatoms. The maximum Gasteiger partial charge on any atom is 0.349 e. The number of hydrogen-bond acceptors (Lipinski definition) is 7. The Kier molecular flexibility index (Phi) is 6.01. The molecule has 0 aromatic rings. The molecule has 2 rings (SSSR count). The van der Waals surface area contributed by atoms with Crippen LogP contribution in [0.1, 0.15) is 81.1 Å². The van der Waals surface area contributed by atoms with Gasteiger partial charge in [0.25, 0.3) is 0 Å². The Bertz CT molecular complexity index is 501. The highest BCUT2D eigenvalue weighted by Gasteiger charge is 2.43. The molecule has 156 valence electrons. The lowest BCUT2D eigenvalue weighted by Gasteiger charge is -2.45. The molecular weight excluding hydrogens is 348 g/mol. The highest BCUT2D eigenvalue weighted by atomic mass is 17.5. The second-order valence-corrected chi connectivity index (χ2v) is 10.9. The fraction of sp³-hybridized carbons (Fsp3) is 0.900. The molecule has 2 N–H and O–H groups in total. The zero-order valence-electron chi connectivity index (χ0n) is 18.0. The summed E-state index contributed by atoms with van der Waals surface area (Å²) in [6.07, 6.45) is 2.51. The van der Waals surface area contributed by atoms with Crippen LogP contribution in [0.2, 0.25) is 0 Å². The number of rotatable bonds is 4. The molecule has 0 amide bonds. The van der Waals surface area contributed by atoms with Gasteiger partial charge in [-0.3, -0.25) is 9.78 Å². The Morgan fingerprint density at radius 2 is 0.889 bits per heavy atom. The third kappa shape index (κ3) is 6.43. The van der Waals surface area contributed by atoms with Crippen molar-refractivity contribution in [3.8, 4) is 0 Å². The lowest BCUT2D eigenvalue weighted by Crippen LogP contribution is -2.59. The predicted octanol–water partition coefficient (Wildman–Crippen LogP) is 3.03. The van der Waals surface area contributed by atoms with Gasteiger partial charge in [0.15, 0.2) is 0 Å². The van der Waals surface area contributed by atoms with E-state index in [4.69, 9.17) is 9.78 Å². The van der Waals surface area contributed by atoms with E-state index in [0.29, 0.717) is 25.7 Å². The molecule has 0 unspecified atom stereocenters. The van der Waals surface area contributed by atoms with Crippen LogP contribution in [-0.2, 0) is 24.4 Å². The molecule has 2 saturated heterocycles. The van der Waals surface area contributed by atoms with Crippen molar-refractivity contribution in [2.75, 3.05) is 0 Å². The van der Waals surface area contributed by atoms with Gasteiger partial charge in [-0.2, -0.15) is 0 Å². The first-order chi connectivity index (χ1) is 12.1. The van der Waals surface area contributed by atoms with E-state index in [1.165, 1.54) is 0 Å². The topological polar surface area (TPSA) is 85.9 Å². The SMILES string of the molecule is CC1(C)CC(C(=O)OOOC(=O)C2CC(C)(C)NC(C)(C)C2)CC(C)(C)N1. The van der Waals surface area contributed by atoms with E-state index in [9.17, 15) is 9.59 Å². The summed E-state index contributed by atoms with van der Waals surface area (Å²) in [6, 6.07) is 0. The smallest absolute Gasteiger partial charge is 0.307 e. The quantitative estimate of drug-likeness (QED) is 0.569. The van der Waals surface area contributed by atoms with Gasteiger partial charge in [0.05, 0.1) is 11.8 Å². The Morgan fingerprint density at radius 1 is 0.630 bits per heavy atom. The second-order valence-electron chi connectivity index (χ2n) is 10.9. The maximum atomic E-state index is 12.4. The Hall–Kier alpha value is -1.18. The molecule has 0 saturated carbocycles. The number of nitrogens with one attached hydrogen (secondary N) is 2. The zero-order valence-corrected chi connectivity index (χ0v) is 18.0. The first-order valence-electron chi connectivity index (χ1n) is 9.77. The molecule has 7 nitrogen and oxygen atoms in total. The molecule has 0 spiro atoms. The summed E-state index contributed by atoms with van der Waals surface area (Å²) in [6.45, 7) is 16.4. The lowest BCUT2D eigenvalue weighted by molar-refractivity contribution is -0.462. The minimum Gasteiger partial charge on any atom is -0.307 e. The molecule has 2 aliphatic heterocycles. The van der Waals surface area contributed by atoms with Gasteiger partial charge in [0, 0.05) is 27.2 Å². The Balaban J connectivity index is 1.85. The molecule has 0 bridgehead atoms. The van der Waals surface area contributed by atoms with Crippen molar-refractivity contribution in [2.45, 2.75) is 103 Å². The van der Waals surface area contributed by atoms with Crippen LogP contribution < -0.4 is 10.6 Å². The van der Waals surface area contributed by atoms with E-state index >= 15 is 0 Å². The molecule has 0 atom stereocenters. The van der Waals surface area contributed by atoms with E-state index in [1.807, 2.05) is 0 Å². The van der Waals surface area contributed by atoms with Crippen LogP contribution in [0.3, 0.4) is 0 Å². The van der Waals surface area contributed by atoms with Gasteiger partial charge in [0.1, 0.15) is 0 Å². The summed E-state index contributed by atoms with van der Waals surface area (Å²) in [5.41, 5.74) is -0.745. The average molecular weight is 385 g/mol. The van der Waals surface area contributed by atoms with Crippen LogP contribution >= 0.6 is 0 Å². The van der Waals surface area contributed by atoms with Gasteiger partial charge >= 0.3 is 11.9 Å². The van der Waals surface area contributed by atoms with Gasteiger partial charge < -0.3 is 10.6 Å². The summed E-state index contributed by atoms with van der Waals surface area (Å²) < 4.78 is 0. The van der Waals surface area contributed by atoms with Gasteiger partial charge in [-0.05, 0) is 81.1 Å². The number of piperidine rings is 2. The number of carbonyl (C=O) groups excluding carboxylic acids is 2. The molecule has 2 fully saturated rings. The van der Waals surface area contributed by atoms with Crippen molar-refractivity contribution in [3.05, 3.63) is 0 Å². The van der Waals surface area contributed by atoms with Crippen molar-refractivity contribution in [3.63, 3.8) is 0 Å². The number of hydrogen-bond donors (Lipinski definition) is 2. The van der Waals surface area contributed by atoms with Gasteiger partial charge in [-0.15, -0.1) is 0 Å². The van der Waals surface area contributed by atoms with E-state index in [-0.39, 0.29) is 34.0 Å². The molecule has 27 heavy (non-hydrogen) atoms. The van der Waals surface area contributed by atoms with E-state index in [2.05, 4.69) is 71.1 Å². The van der Waals surface area contributed by atoms with Crippen molar-refractivity contribution in [1.82, 2.24) is 10.6 Å². The van der Waals surface area contributed by atoms with Crippen molar-refractivity contribution in [1.29, 1.82) is 0 Å².